The third-order valence-corrected chi connectivity index (χ3v) is 3.42. The molecule has 0 aliphatic carbocycles. The Bertz CT molecular complexity index is 626. The van der Waals surface area contributed by atoms with E-state index in [0.29, 0.717) is 6.54 Å². The minimum atomic E-state index is -0.308. The van der Waals surface area contributed by atoms with Crippen LogP contribution in [0.25, 0.3) is 0 Å². The van der Waals surface area contributed by atoms with E-state index in [1.807, 2.05) is 54.6 Å². The Morgan fingerprint density at radius 1 is 1.24 bits per heavy atom. The monoisotopic (exact) mass is 280 g/mol. The zero-order chi connectivity index (χ0) is 14.5. The van der Waals surface area contributed by atoms with Crippen LogP contribution >= 0.6 is 0 Å². The summed E-state index contributed by atoms with van der Waals surface area (Å²) in [5.74, 6) is 0. The number of nitrogens with zero attached hydrogens (tertiary/aromatic N) is 2. The summed E-state index contributed by atoms with van der Waals surface area (Å²) in [4.78, 5) is 18.0. The molecule has 106 valence electrons. The van der Waals surface area contributed by atoms with Crippen LogP contribution in [0.3, 0.4) is 0 Å². The minimum Gasteiger partial charge on any atom is -0.445 e. The van der Waals surface area contributed by atoms with Crippen molar-refractivity contribution in [1.82, 2.24) is 9.88 Å². The van der Waals surface area contributed by atoms with Crippen molar-refractivity contribution >= 4 is 6.09 Å². The SMILES string of the molecule is O=C(OCc1ccccc1)N1CC=C[C@H]1c1cccnc1. The van der Waals surface area contributed by atoms with E-state index in [2.05, 4.69) is 4.98 Å². The molecule has 1 aliphatic rings. The number of pyridine rings is 1. The maximum absolute atomic E-state index is 12.2. The van der Waals surface area contributed by atoms with Gasteiger partial charge in [0.05, 0.1) is 6.04 Å². The fourth-order valence-electron chi connectivity index (χ4n) is 2.35. The topological polar surface area (TPSA) is 42.4 Å². The van der Waals surface area contributed by atoms with Gasteiger partial charge in [-0.2, -0.15) is 0 Å². The van der Waals surface area contributed by atoms with Crippen LogP contribution in [0.2, 0.25) is 0 Å². The van der Waals surface area contributed by atoms with Crippen molar-refractivity contribution in [2.75, 3.05) is 6.54 Å². The molecule has 3 rings (SSSR count). The van der Waals surface area contributed by atoms with Gasteiger partial charge in [-0.05, 0) is 17.2 Å². The number of hydrogen-bond donors (Lipinski definition) is 0. The highest BCUT2D eigenvalue weighted by molar-refractivity contribution is 5.69. The normalized spacial score (nSPS) is 17.0. The van der Waals surface area contributed by atoms with Crippen molar-refractivity contribution in [3.63, 3.8) is 0 Å². The smallest absolute Gasteiger partial charge is 0.411 e. The number of carbonyl (C=O) groups excluding carboxylic acids is 1. The fourth-order valence-corrected chi connectivity index (χ4v) is 2.35. The van der Waals surface area contributed by atoms with Crippen LogP contribution in [-0.2, 0) is 11.3 Å². The van der Waals surface area contributed by atoms with Gasteiger partial charge in [-0.25, -0.2) is 4.79 Å². The van der Waals surface area contributed by atoms with Gasteiger partial charge in [-0.1, -0.05) is 48.6 Å². The van der Waals surface area contributed by atoms with Crippen molar-refractivity contribution in [3.05, 3.63) is 78.1 Å². The molecule has 4 nitrogen and oxygen atoms in total. The lowest BCUT2D eigenvalue weighted by molar-refractivity contribution is 0.0949. The van der Waals surface area contributed by atoms with Crippen molar-refractivity contribution in [1.29, 1.82) is 0 Å². The predicted octanol–water partition coefficient (Wildman–Crippen LogP) is 3.33. The molecule has 1 atom stereocenters. The van der Waals surface area contributed by atoms with Gasteiger partial charge in [-0.15, -0.1) is 0 Å². The van der Waals surface area contributed by atoms with Crippen molar-refractivity contribution < 1.29 is 9.53 Å². The van der Waals surface area contributed by atoms with Crippen molar-refractivity contribution in [3.8, 4) is 0 Å². The summed E-state index contributed by atoms with van der Waals surface area (Å²) in [6.45, 7) is 0.850. The molecule has 0 radical (unpaired) electrons. The first-order valence-electron chi connectivity index (χ1n) is 6.88. The van der Waals surface area contributed by atoms with Gasteiger partial charge in [0.2, 0.25) is 0 Å². The van der Waals surface area contributed by atoms with E-state index in [1.165, 1.54) is 0 Å². The quantitative estimate of drug-likeness (QED) is 0.810. The Morgan fingerprint density at radius 3 is 2.86 bits per heavy atom. The van der Waals surface area contributed by atoms with Crippen LogP contribution in [-0.4, -0.2) is 22.5 Å². The molecule has 0 fully saturated rings. The molecule has 2 heterocycles. The molecular weight excluding hydrogens is 264 g/mol. The lowest BCUT2D eigenvalue weighted by Gasteiger charge is -2.24. The largest absolute Gasteiger partial charge is 0.445 e. The van der Waals surface area contributed by atoms with Crippen LogP contribution in [0.5, 0.6) is 0 Å². The summed E-state index contributed by atoms with van der Waals surface area (Å²) in [6, 6.07) is 13.4. The van der Waals surface area contributed by atoms with E-state index < -0.39 is 0 Å². The number of ether oxygens (including phenoxy) is 1. The van der Waals surface area contributed by atoms with E-state index in [0.717, 1.165) is 11.1 Å². The molecule has 1 aromatic carbocycles. The molecule has 1 aromatic heterocycles. The Hall–Kier alpha value is -2.62. The zero-order valence-electron chi connectivity index (χ0n) is 11.6. The van der Waals surface area contributed by atoms with Gasteiger partial charge in [-0.3, -0.25) is 9.88 Å². The molecule has 0 unspecified atom stereocenters. The van der Waals surface area contributed by atoms with Gasteiger partial charge in [0.15, 0.2) is 0 Å². The number of aromatic nitrogens is 1. The van der Waals surface area contributed by atoms with Crippen LogP contribution < -0.4 is 0 Å². The van der Waals surface area contributed by atoms with Crippen molar-refractivity contribution in [2.24, 2.45) is 0 Å². The number of hydrogen-bond acceptors (Lipinski definition) is 3. The molecule has 0 saturated carbocycles. The van der Waals surface area contributed by atoms with E-state index >= 15 is 0 Å². The third-order valence-electron chi connectivity index (χ3n) is 3.42. The van der Waals surface area contributed by atoms with E-state index in [-0.39, 0.29) is 18.7 Å². The fraction of sp³-hybridized carbons (Fsp3) is 0.176. The predicted molar refractivity (Wildman–Crippen MR) is 79.5 cm³/mol. The highest BCUT2D eigenvalue weighted by atomic mass is 16.6. The number of rotatable bonds is 3. The van der Waals surface area contributed by atoms with E-state index in [1.54, 1.807) is 17.3 Å². The van der Waals surface area contributed by atoms with Gasteiger partial charge in [0, 0.05) is 18.9 Å². The number of carbonyl (C=O) groups is 1. The van der Waals surface area contributed by atoms with Crippen LogP contribution in [0.4, 0.5) is 4.79 Å². The first kappa shape index (κ1) is 13.4. The molecule has 1 amide bonds. The number of benzene rings is 1. The summed E-state index contributed by atoms with van der Waals surface area (Å²) in [7, 11) is 0. The Labute approximate surface area is 123 Å². The third kappa shape index (κ3) is 3.11. The molecule has 4 heteroatoms. The first-order chi connectivity index (χ1) is 10.3. The summed E-state index contributed by atoms with van der Waals surface area (Å²) in [5.41, 5.74) is 1.97. The second-order valence-corrected chi connectivity index (χ2v) is 4.85. The summed E-state index contributed by atoms with van der Waals surface area (Å²) >= 11 is 0. The summed E-state index contributed by atoms with van der Waals surface area (Å²) in [5, 5.41) is 0. The molecule has 0 N–H and O–H groups in total. The average Bonchev–Trinajstić information content (AvgIpc) is 3.04. The van der Waals surface area contributed by atoms with Gasteiger partial charge in [0.1, 0.15) is 6.61 Å². The van der Waals surface area contributed by atoms with Gasteiger partial charge in [0.25, 0.3) is 0 Å². The molecule has 21 heavy (non-hydrogen) atoms. The summed E-state index contributed by atoms with van der Waals surface area (Å²) < 4.78 is 5.39. The van der Waals surface area contributed by atoms with E-state index in [4.69, 9.17) is 4.74 Å². The molecule has 1 aliphatic heterocycles. The van der Waals surface area contributed by atoms with Gasteiger partial charge >= 0.3 is 6.09 Å². The van der Waals surface area contributed by atoms with Crippen LogP contribution in [0.15, 0.2) is 67.0 Å². The highest BCUT2D eigenvalue weighted by Crippen LogP contribution is 2.26. The molecule has 0 saturated heterocycles. The Balaban J connectivity index is 1.64. The second kappa shape index (κ2) is 6.22. The average molecular weight is 280 g/mol. The molecular formula is C17H16N2O2. The standard InChI is InChI=1S/C17H16N2O2/c20-17(21-13-14-6-2-1-3-7-14)19-11-5-9-16(19)15-8-4-10-18-12-15/h1-10,12,16H,11,13H2/t16-/m0/s1. The second-order valence-electron chi connectivity index (χ2n) is 4.85. The minimum absolute atomic E-state index is 0.0954. The lowest BCUT2D eigenvalue weighted by atomic mass is 10.1. The molecule has 0 spiro atoms. The lowest BCUT2D eigenvalue weighted by Crippen LogP contribution is -2.31. The Kier molecular flexibility index (Phi) is 3.96. The molecule has 2 aromatic rings. The number of amides is 1. The van der Waals surface area contributed by atoms with Crippen LogP contribution in [0, 0.1) is 0 Å². The van der Waals surface area contributed by atoms with Crippen molar-refractivity contribution in [2.45, 2.75) is 12.6 Å². The first-order valence-corrected chi connectivity index (χ1v) is 6.88. The van der Waals surface area contributed by atoms with Gasteiger partial charge < -0.3 is 4.74 Å². The van der Waals surface area contributed by atoms with E-state index in [9.17, 15) is 4.79 Å². The maximum Gasteiger partial charge on any atom is 0.411 e. The summed E-state index contributed by atoms with van der Waals surface area (Å²) in [6.07, 6.45) is 7.16. The molecule has 0 bridgehead atoms. The van der Waals surface area contributed by atoms with Crippen LogP contribution in [0.1, 0.15) is 17.2 Å². The zero-order valence-corrected chi connectivity index (χ0v) is 11.6. The highest BCUT2D eigenvalue weighted by Gasteiger charge is 2.27. The Morgan fingerprint density at radius 2 is 2.10 bits per heavy atom. The maximum atomic E-state index is 12.2.